The number of phenolic OH excluding ortho intramolecular Hbond substituents is 1. The van der Waals surface area contributed by atoms with Crippen LogP contribution in [0.5, 0.6) is 5.75 Å². The minimum atomic E-state index is -0.196. The van der Waals surface area contributed by atoms with Crippen LogP contribution in [-0.4, -0.2) is 10.9 Å². The lowest BCUT2D eigenvalue weighted by Gasteiger charge is -2.05. The van der Waals surface area contributed by atoms with Gasteiger partial charge in [0.2, 0.25) is 0 Å². The van der Waals surface area contributed by atoms with Gasteiger partial charge in [-0.2, -0.15) is 0 Å². The molecule has 0 saturated heterocycles. The number of aromatic hydroxyl groups is 1. The third kappa shape index (κ3) is 2.74. The van der Waals surface area contributed by atoms with Crippen LogP contribution >= 0.6 is 11.6 Å². The fourth-order valence-electron chi connectivity index (χ4n) is 2.37. The average molecular weight is 309 g/mol. The second-order valence-corrected chi connectivity index (χ2v) is 5.30. The number of carbonyl (C=O) groups excluding carboxylic acids is 1. The van der Waals surface area contributed by atoms with Crippen molar-refractivity contribution in [3.8, 4) is 5.75 Å². The first-order chi connectivity index (χ1) is 10.7. The number of halogens is 1. The minimum absolute atomic E-state index is 0.141. The van der Waals surface area contributed by atoms with Crippen LogP contribution in [0.4, 0.5) is 0 Å². The van der Waals surface area contributed by atoms with E-state index in [4.69, 9.17) is 11.6 Å². The molecule has 3 heteroatoms. The Bertz CT molecular complexity index is 881. The Balaban J connectivity index is 2.01. The Morgan fingerprint density at radius 1 is 0.955 bits per heavy atom. The molecule has 0 bridgehead atoms. The zero-order valence-corrected chi connectivity index (χ0v) is 12.4. The molecule has 0 fully saturated rings. The fraction of sp³-hybridized carbons (Fsp3) is 0. The molecule has 0 unspecified atom stereocenters. The first kappa shape index (κ1) is 14.4. The highest BCUT2D eigenvalue weighted by molar-refractivity contribution is 6.34. The van der Waals surface area contributed by atoms with Gasteiger partial charge in [0, 0.05) is 11.1 Å². The Hall–Kier alpha value is -2.58. The van der Waals surface area contributed by atoms with Gasteiger partial charge in [0.25, 0.3) is 0 Å². The maximum absolute atomic E-state index is 12.2. The number of allylic oxidation sites excluding steroid dienone is 1. The van der Waals surface area contributed by atoms with E-state index in [1.54, 1.807) is 36.4 Å². The highest BCUT2D eigenvalue weighted by Crippen LogP contribution is 2.28. The minimum Gasteiger partial charge on any atom is -0.507 e. The SMILES string of the molecule is O=C(/C=C\c1c(O)ccc2ccccc12)c1ccccc1Cl. The normalized spacial score (nSPS) is 11.1. The van der Waals surface area contributed by atoms with Crippen LogP contribution in [0.25, 0.3) is 16.8 Å². The smallest absolute Gasteiger partial charge is 0.187 e. The maximum Gasteiger partial charge on any atom is 0.187 e. The summed E-state index contributed by atoms with van der Waals surface area (Å²) in [4.78, 5) is 12.2. The van der Waals surface area contributed by atoms with Crippen molar-refractivity contribution >= 4 is 34.2 Å². The van der Waals surface area contributed by atoms with Crippen LogP contribution < -0.4 is 0 Å². The van der Waals surface area contributed by atoms with Gasteiger partial charge in [-0.3, -0.25) is 4.79 Å². The Kier molecular flexibility index (Phi) is 3.94. The molecule has 2 nitrogen and oxygen atoms in total. The topological polar surface area (TPSA) is 37.3 Å². The van der Waals surface area contributed by atoms with Crippen molar-refractivity contribution < 1.29 is 9.90 Å². The summed E-state index contributed by atoms with van der Waals surface area (Å²) in [7, 11) is 0. The fourth-order valence-corrected chi connectivity index (χ4v) is 2.60. The first-order valence-electron chi connectivity index (χ1n) is 6.84. The van der Waals surface area contributed by atoms with Crippen molar-refractivity contribution in [3.63, 3.8) is 0 Å². The van der Waals surface area contributed by atoms with Crippen LogP contribution in [0.2, 0.25) is 5.02 Å². The van der Waals surface area contributed by atoms with Crippen LogP contribution in [-0.2, 0) is 0 Å². The summed E-state index contributed by atoms with van der Waals surface area (Å²) in [5.41, 5.74) is 1.07. The Morgan fingerprint density at radius 3 is 2.50 bits per heavy atom. The zero-order valence-electron chi connectivity index (χ0n) is 11.7. The van der Waals surface area contributed by atoms with Gasteiger partial charge in [-0.1, -0.05) is 54.1 Å². The van der Waals surface area contributed by atoms with Crippen LogP contribution in [0.15, 0.2) is 66.7 Å². The maximum atomic E-state index is 12.2. The lowest BCUT2D eigenvalue weighted by Crippen LogP contribution is -1.94. The molecule has 0 radical (unpaired) electrons. The highest BCUT2D eigenvalue weighted by atomic mass is 35.5. The van der Waals surface area contributed by atoms with E-state index in [9.17, 15) is 9.90 Å². The number of ketones is 1. The van der Waals surface area contributed by atoms with E-state index in [1.165, 1.54) is 6.08 Å². The molecule has 22 heavy (non-hydrogen) atoms. The summed E-state index contributed by atoms with van der Waals surface area (Å²) in [5.74, 6) is -0.0557. The van der Waals surface area contributed by atoms with Gasteiger partial charge in [-0.25, -0.2) is 0 Å². The lowest BCUT2D eigenvalue weighted by atomic mass is 10.0. The number of carbonyl (C=O) groups is 1. The van der Waals surface area contributed by atoms with E-state index < -0.39 is 0 Å². The summed E-state index contributed by atoms with van der Waals surface area (Å²) in [5, 5.41) is 12.4. The molecule has 0 spiro atoms. The van der Waals surface area contributed by atoms with Crippen molar-refractivity contribution in [1.29, 1.82) is 0 Å². The molecular weight excluding hydrogens is 296 g/mol. The highest BCUT2D eigenvalue weighted by Gasteiger charge is 2.08. The van der Waals surface area contributed by atoms with E-state index in [0.29, 0.717) is 16.1 Å². The quantitative estimate of drug-likeness (QED) is 0.540. The van der Waals surface area contributed by atoms with E-state index in [1.807, 2.05) is 30.3 Å². The van der Waals surface area contributed by atoms with Gasteiger partial charge in [-0.05, 0) is 41.1 Å². The van der Waals surface area contributed by atoms with Gasteiger partial charge < -0.3 is 5.11 Å². The van der Waals surface area contributed by atoms with Gasteiger partial charge in [0.1, 0.15) is 5.75 Å². The second-order valence-electron chi connectivity index (χ2n) is 4.90. The molecule has 108 valence electrons. The number of phenols is 1. The van der Waals surface area contributed by atoms with Crippen molar-refractivity contribution in [2.45, 2.75) is 0 Å². The van der Waals surface area contributed by atoms with Gasteiger partial charge in [0.05, 0.1) is 5.02 Å². The molecule has 3 aromatic carbocycles. The molecule has 0 atom stereocenters. The second kappa shape index (κ2) is 6.04. The number of fused-ring (bicyclic) bond motifs is 1. The van der Waals surface area contributed by atoms with Gasteiger partial charge in [0.15, 0.2) is 5.78 Å². The molecule has 0 heterocycles. The van der Waals surface area contributed by atoms with Gasteiger partial charge in [-0.15, -0.1) is 0 Å². The summed E-state index contributed by atoms with van der Waals surface area (Å²) < 4.78 is 0. The third-order valence-corrected chi connectivity index (χ3v) is 3.82. The van der Waals surface area contributed by atoms with Crippen LogP contribution in [0.1, 0.15) is 15.9 Å². The molecule has 0 saturated carbocycles. The molecule has 0 amide bonds. The molecule has 0 aliphatic heterocycles. The Morgan fingerprint density at radius 2 is 1.68 bits per heavy atom. The van der Waals surface area contributed by atoms with Gasteiger partial charge >= 0.3 is 0 Å². The molecule has 3 rings (SSSR count). The molecule has 0 aliphatic carbocycles. The Labute approximate surface area is 133 Å². The number of hydrogen-bond acceptors (Lipinski definition) is 2. The molecule has 1 N–H and O–H groups in total. The summed E-state index contributed by atoms with van der Waals surface area (Å²) in [6.45, 7) is 0. The van der Waals surface area contributed by atoms with Crippen molar-refractivity contribution in [2.24, 2.45) is 0 Å². The van der Waals surface area contributed by atoms with Crippen LogP contribution in [0.3, 0.4) is 0 Å². The lowest BCUT2D eigenvalue weighted by molar-refractivity contribution is 0.104. The standard InChI is InChI=1S/C19H13ClO2/c20-17-8-4-3-7-16(17)19(22)12-10-15-14-6-2-1-5-13(14)9-11-18(15)21/h1-12,21H/b12-10-. The molecule has 0 aliphatic rings. The van der Waals surface area contributed by atoms with Crippen molar-refractivity contribution in [2.75, 3.05) is 0 Å². The summed E-state index contributed by atoms with van der Waals surface area (Å²) in [6.07, 6.45) is 3.06. The molecular formula is C19H13ClO2. The van der Waals surface area contributed by atoms with Crippen molar-refractivity contribution in [1.82, 2.24) is 0 Å². The predicted molar refractivity (Wildman–Crippen MR) is 90.4 cm³/mol. The monoisotopic (exact) mass is 308 g/mol. The van der Waals surface area contributed by atoms with Crippen LogP contribution in [0, 0.1) is 0 Å². The number of benzene rings is 3. The number of hydrogen-bond donors (Lipinski definition) is 1. The predicted octanol–water partition coefficient (Wildman–Crippen LogP) is 5.09. The molecule has 3 aromatic rings. The van der Waals surface area contributed by atoms with Crippen molar-refractivity contribution in [3.05, 3.63) is 82.9 Å². The van der Waals surface area contributed by atoms with E-state index in [-0.39, 0.29) is 11.5 Å². The molecule has 0 aromatic heterocycles. The summed E-state index contributed by atoms with van der Waals surface area (Å²) >= 11 is 6.02. The largest absolute Gasteiger partial charge is 0.507 e. The summed E-state index contributed by atoms with van der Waals surface area (Å²) in [6, 6.07) is 18.1. The van der Waals surface area contributed by atoms with E-state index in [0.717, 1.165) is 10.8 Å². The zero-order chi connectivity index (χ0) is 15.5. The van der Waals surface area contributed by atoms with E-state index >= 15 is 0 Å². The van der Waals surface area contributed by atoms with E-state index in [2.05, 4.69) is 0 Å². The third-order valence-electron chi connectivity index (χ3n) is 3.49. The first-order valence-corrected chi connectivity index (χ1v) is 7.22. The number of rotatable bonds is 3. The average Bonchev–Trinajstić information content (AvgIpc) is 2.54.